The Labute approximate surface area is 140 Å². The number of nitrogens with one attached hydrogen (secondary N) is 1. The van der Waals surface area contributed by atoms with Crippen LogP contribution >= 0.6 is 11.6 Å². The monoisotopic (exact) mass is 362 g/mol. The van der Waals surface area contributed by atoms with E-state index in [9.17, 15) is 17.6 Å². The molecule has 1 aromatic rings. The number of amides is 1. The molecule has 5 nitrogen and oxygen atoms in total. The first-order valence-corrected chi connectivity index (χ1v) is 9.43. The highest BCUT2D eigenvalue weighted by atomic mass is 35.5. The molecule has 0 spiro atoms. The molecule has 0 aromatic heterocycles. The number of carbonyl (C=O) groups is 1. The third kappa shape index (κ3) is 5.16. The van der Waals surface area contributed by atoms with Crippen molar-refractivity contribution in [3.05, 3.63) is 34.6 Å². The van der Waals surface area contributed by atoms with Gasteiger partial charge in [0.05, 0.1) is 5.75 Å². The molecule has 1 saturated heterocycles. The molecule has 1 aliphatic rings. The van der Waals surface area contributed by atoms with E-state index in [1.165, 1.54) is 23.4 Å². The number of carbonyl (C=O) groups excluding carboxylic acids is 1. The number of halogens is 2. The summed E-state index contributed by atoms with van der Waals surface area (Å²) >= 11 is 5.68. The Hall–Kier alpha value is -1.18. The van der Waals surface area contributed by atoms with E-state index in [1.54, 1.807) is 0 Å². The van der Waals surface area contributed by atoms with Gasteiger partial charge in [-0.2, -0.15) is 0 Å². The molecule has 8 heteroatoms. The minimum Gasteiger partial charge on any atom is -0.356 e. The summed E-state index contributed by atoms with van der Waals surface area (Å²) in [7, 11) is -3.61. The highest BCUT2D eigenvalue weighted by Gasteiger charge is 2.29. The van der Waals surface area contributed by atoms with Crippen molar-refractivity contribution in [3.8, 4) is 0 Å². The van der Waals surface area contributed by atoms with Crippen LogP contribution in [0.5, 0.6) is 0 Å². The first-order chi connectivity index (χ1) is 10.8. The topological polar surface area (TPSA) is 66.5 Å². The maximum atomic E-state index is 13.8. The summed E-state index contributed by atoms with van der Waals surface area (Å²) in [5, 5.41) is 2.95. The van der Waals surface area contributed by atoms with Crippen LogP contribution in [0.4, 0.5) is 4.39 Å². The second kappa shape index (κ2) is 7.59. The van der Waals surface area contributed by atoms with Gasteiger partial charge in [-0.15, -0.1) is 0 Å². The highest BCUT2D eigenvalue weighted by molar-refractivity contribution is 7.88. The Morgan fingerprint density at radius 3 is 2.87 bits per heavy atom. The lowest BCUT2D eigenvalue weighted by molar-refractivity contribution is -0.119. The Balaban J connectivity index is 2.04. The van der Waals surface area contributed by atoms with Gasteiger partial charge in [0, 0.05) is 37.1 Å². The minimum atomic E-state index is -3.61. The van der Waals surface area contributed by atoms with Gasteiger partial charge < -0.3 is 5.32 Å². The van der Waals surface area contributed by atoms with Crippen LogP contribution in [-0.2, 0) is 20.6 Å². The van der Waals surface area contributed by atoms with E-state index >= 15 is 0 Å². The summed E-state index contributed by atoms with van der Waals surface area (Å²) < 4.78 is 40.2. The lowest BCUT2D eigenvalue weighted by Gasteiger charge is -2.32. The van der Waals surface area contributed by atoms with Crippen LogP contribution in [0.15, 0.2) is 18.2 Å². The van der Waals surface area contributed by atoms with Gasteiger partial charge in [0.15, 0.2) is 0 Å². The van der Waals surface area contributed by atoms with E-state index in [2.05, 4.69) is 5.32 Å². The number of rotatable bonds is 5. The van der Waals surface area contributed by atoms with Gasteiger partial charge in [-0.1, -0.05) is 17.7 Å². The fourth-order valence-corrected chi connectivity index (χ4v) is 4.47. The van der Waals surface area contributed by atoms with Crippen LogP contribution in [0.25, 0.3) is 0 Å². The van der Waals surface area contributed by atoms with Crippen LogP contribution in [0, 0.1) is 11.7 Å². The molecule has 1 aromatic carbocycles. The van der Waals surface area contributed by atoms with Crippen molar-refractivity contribution < 1.29 is 17.6 Å². The van der Waals surface area contributed by atoms with Crippen molar-refractivity contribution >= 4 is 27.5 Å². The van der Waals surface area contributed by atoms with Crippen molar-refractivity contribution in [2.45, 2.75) is 25.5 Å². The smallest absolute Gasteiger partial charge is 0.218 e. The summed E-state index contributed by atoms with van der Waals surface area (Å²) in [6.45, 7) is 2.66. The lowest BCUT2D eigenvalue weighted by Crippen LogP contribution is -2.43. The first-order valence-electron chi connectivity index (χ1n) is 7.44. The molecule has 1 atom stereocenters. The van der Waals surface area contributed by atoms with Crippen LogP contribution in [0.3, 0.4) is 0 Å². The molecule has 0 radical (unpaired) electrons. The third-order valence-corrected chi connectivity index (χ3v) is 5.90. The Bertz CT molecular complexity index is 681. The van der Waals surface area contributed by atoms with E-state index < -0.39 is 15.8 Å². The second-order valence-electron chi connectivity index (χ2n) is 5.80. The van der Waals surface area contributed by atoms with Gasteiger partial charge >= 0.3 is 0 Å². The van der Waals surface area contributed by atoms with Crippen molar-refractivity contribution in [1.82, 2.24) is 9.62 Å². The molecule has 23 heavy (non-hydrogen) atoms. The molecule has 1 unspecified atom stereocenters. The number of piperidine rings is 1. The fraction of sp³-hybridized carbons (Fsp3) is 0.533. The molecule has 1 fully saturated rings. The minimum absolute atomic E-state index is 0.0810. The highest BCUT2D eigenvalue weighted by Crippen LogP contribution is 2.23. The molecule has 2 rings (SSSR count). The molecular weight excluding hydrogens is 343 g/mol. The van der Waals surface area contributed by atoms with E-state index in [4.69, 9.17) is 11.6 Å². The summed E-state index contributed by atoms with van der Waals surface area (Å²) in [4.78, 5) is 11.0. The van der Waals surface area contributed by atoms with E-state index in [-0.39, 0.29) is 28.2 Å². The van der Waals surface area contributed by atoms with Gasteiger partial charge in [0.2, 0.25) is 15.9 Å². The molecule has 128 valence electrons. The van der Waals surface area contributed by atoms with E-state index in [0.29, 0.717) is 19.6 Å². The van der Waals surface area contributed by atoms with Crippen molar-refractivity contribution in [3.63, 3.8) is 0 Å². The maximum absolute atomic E-state index is 13.8. The molecule has 1 N–H and O–H groups in total. The fourth-order valence-electron chi connectivity index (χ4n) is 2.66. The van der Waals surface area contributed by atoms with Gasteiger partial charge in [-0.25, -0.2) is 17.1 Å². The molecule has 1 amide bonds. The van der Waals surface area contributed by atoms with Gasteiger partial charge in [0.25, 0.3) is 0 Å². The zero-order valence-corrected chi connectivity index (χ0v) is 14.5. The van der Waals surface area contributed by atoms with E-state index in [0.717, 1.165) is 18.9 Å². The van der Waals surface area contributed by atoms with Crippen molar-refractivity contribution in [2.75, 3.05) is 19.6 Å². The Morgan fingerprint density at radius 1 is 1.48 bits per heavy atom. The SMILES string of the molecule is CC(=O)NCC1CCCN(S(=O)(=O)Cc2ccc(Cl)cc2F)C1. The van der Waals surface area contributed by atoms with Crippen LogP contribution in [-0.4, -0.2) is 38.3 Å². The normalized spacial score (nSPS) is 19.5. The largest absolute Gasteiger partial charge is 0.356 e. The Kier molecular flexibility index (Phi) is 6.00. The van der Waals surface area contributed by atoms with E-state index in [1.807, 2.05) is 0 Å². The lowest BCUT2D eigenvalue weighted by atomic mass is 10.00. The molecule has 0 saturated carbocycles. The van der Waals surface area contributed by atoms with Crippen LogP contribution < -0.4 is 5.32 Å². The van der Waals surface area contributed by atoms with Crippen LogP contribution in [0.2, 0.25) is 5.02 Å². The predicted molar refractivity (Wildman–Crippen MR) is 87.0 cm³/mol. The average Bonchev–Trinajstić information content (AvgIpc) is 2.48. The Morgan fingerprint density at radius 2 is 2.22 bits per heavy atom. The van der Waals surface area contributed by atoms with Gasteiger partial charge in [0.1, 0.15) is 5.82 Å². The maximum Gasteiger partial charge on any atom is 0.218 e. The van der Waals surface area contributed by atoms with Crippen molar-refractivity contribution in [2.24, 2.45) is 5.92 Å². The molecule has 1 heterocycles. The number of hydrogen-bond donors (Lipinski definition) is 1. The zero-order valence-electron chi connectivity index (χ0n) is 12.9. The average molecular weight is 363 g/mol. The summed E-state index contributed by atoms with van der Waals surface area (Å²) in [6, 6.07) is 3.99. The van der Waals surface area contributed by atoms with Gasteiger partial charge in [-0.05, 0) is 30.9 Å². The summed E-state index contributed by atoms with van der Waals surface area (Å²) in [5.74, 6) is -1.05. The third-order valence-electron chi connectivity index (χ3n) is 3.87. The molecule has 1 aliphatic heterocycles. The molecule has 0 bridgehead atoms. The number of nitrogens with zero attached hydrogens (tertiary/aromatic N) is 1. The quantitative estimate of drug-likeness (QED) is 0.872. The first kappa shape index (κ1) is 18.2. The standard InChI is InChI=1S/C15H20ClFN2O3S/c1-11(20)18-8-12-3-2-6-19(9-12)23(21,22)10-13-4-5-14(16)7-15(13)17/h4-5,7,12H,2-3,6,8-10H2,1H3,(H,18,20). The second-order valence-corrected chi connectivity index (χ2v) is 8.20. The number of hydrogen-bond acceptors (Lipinski definition) is 3. The van der Waals surface area contributed by atoms with Crippen molar-refractivity contribution in [1.29, 1.82) is 0 Å². The molecule has 0 aliphatic carbocycles. The molecular formula is C15H20ClFN2O3S. The van der Waals surface area contributed by atoms with Crippen LogP contribution in [0.1, 0.15) is 25.3 Å². The summed E-state index contributed by atoms with van der Waals surface area (Å²) in [6.07, 6.45) is 1.59. The summed E-state index contributed by atoms with van der Waals surface area (Å²) in [5.41, 5.74) is 0.110. The number of sulfonamides is 1. The van der Waals surface area contributed by atoms with Gasteiger partial charge in [-0.3, -0.25) is 4.79 Å². The zero-order chi connectivity index (χ0) is 17.0. The number of benzene rings is 1. The predicted octanol–water partition coefficient (Wildman–Crippen LogP) is 2.16.